The Morgan fingerprint density at radius 1 is 1.40 bits per heavy atom. The van der Waals surface area contributed by atoms with Crippen LogP contribution in [0.5, 0.6) is 0 Å². The van der Waals surface area contributed by atoms with Crippen molar-refractivity contribution in [1.29, 1.82) is 5.26 Å². The van der Waals surface area contributed by atoms with E-state index in [1.807, 2.05) is 12.1 Å². The summed E-state index contributed by atoms with van der Waals surface area (Å²) in [5.74, 6) is 1.12. The first-order valence-corrected chi connectivity index (χ1v) is 6.89. The number of anilines is 1. The van der Waals surface area contributed by atoms with Crippen LogP contribution in [0.3, 0.4) is 0 Å². The summed E-state index contributed by atoms with van der Waals surface area (Å²) in [5.41, 5.74) is 0.842. The van der Waals surface area contributed by atoms with Crippen molar-refractivity contribution in [2.45, 2.75) is 33.2 Å². The summed E-state index contributed by atoms with van der Waals surface area (Å²) in [7, 11) is 0. The first kappa shape index (κ1) is 14.3. The van der Waals surface area contributed by atoms with Gasteiger partial charge in [-0.15, -0.1) is 0 Å². The number of hydrogen-bond acceptors (Lipinski definition) is 4. The van der Waals surface area contributed by atoms with Crippen LogP contribution in [-0.2, 0) is 0 Å². The molecule has 1 heterocycles. The van der Waals surface area contributed by atoms with Crippen molar-refractivity contribution in [3.8, 4) is 6.07 Å². The third-order valence-electron chi connectivity index (χ3n) is 4.23. The van der Waals surface area contributed by atoms with Gasteiger partial charge < -0.3 is 4.90 Å². The Hall–Kier alpha value is -2.09. The molecule has 0 radical (unpaired) electrons. The second kappa shape index (κ2) is 5.49. The lowest BCUT2D eigenvalue weighted by Gasteiger charge is -2.42. The molecule has 0 aliphatic carbocycles. The SMILES string of the molecule is CC1CC(C)C(C)N(c2ccc(C#N)c([N+](=O)[O-])c2)C1. The van der Waals surface area contributed by atoms with Crippen LogP contribution in [0, 0.1) is 33.3 Å². The molecular formula is C15H19N3O2. The predicted octanol–water partition coefficient (Wildman–Crippen LogP) is 3.34. The largest absolute Gasteiger partial charge is 0.368 e. The Morgan fingerprint density at radius 2 is 2.10 bits per heavy atom. The van der Waals surface area contributed by atoms with Gasteiger partial charge in [0, 0.05) is 24.3 Å². The molecule has 0 aromatic heterocycles. The molecule has 3 atom stereocenters. The molecule has 1 aromatic rings. The molecule has 106 valence electrons. The van der Waals surface area contributed by atoms with E-state index in [0.29, 0.717) is 17.9 Å². The maximum absolute atomic E-state index is 11.1. The molecule has 0 amide bonds. The lowest BCUT2D eigenvalue weighted by molar-refractivity contribution is -0.385. The first-order chi connectivity index (χ1) is 9.43. The lowest BCUT2D eigenvalue weighted by atomic mass is 9.85. The van der Waals surface area contributed by atoms with E-state index in [1.165, 1.54) is 12.5 Å². The molecule has 5 heteroatoms. The van der Waals surface area contributed by atoms with Gasteiger partial charge in [-0.3, -0.25) is 10.1 Å². The molecule has 1 aliphatic rings. The van der Waals surface area contributed by atoms with Crippen LogP contribution >= 0.6 is 0 Å². The molecule has 20 heavy (non-hydrogen) atoms. The van der Waals surface area contributed by atoms with E-state index >= 15 is 0 Å². The number of piperidine rings is 1. The van der Waals surface area contributed by atoms with E-state index in [9.17, 15) is 10.1 Å². The van der Waals surface area contributed by atoms with E-state index in [1.54, 1.807) is 6.07 Å². The van der Waals surface area contributed by atoms with Crippen LogP contribution in [0.4, 0.5) is 11.4 Å². The highest BCUT2D eigenvalue weighted by Gasteiger charge is 2.30. The Kier molecular flexibility index (Phi) is 3.93. The van der Waals surface area contributed by atoms with Gasteiger partial charge in [0.05, 0.1) is 4.92 Å². The second-order valence-corrected chi connectivity index (χ2v) is 5.78. The van der Waals surface area contributed by atoms with Gasteiger partial charge in [-0.25, -0.2) is 0 Å². The Morgan fingerprint density at radius 3 is 2.70 bits per heavy atom. The van der Waals surface area contributed by atoms with E-state index in [0.717, 1.165) is 12.2 Å². The zero-order valence-electron chi connectivity index (χ0n) is 12.0. The van der Waals surface area contributed by atoms with Gasteiger partial charge in [-0.05, 0) is 37.3 Å². The van der Waals surface area contributed by atoms with Crippen molar-refractivity contribution >= 4 is 11.4 Å². The van der Waals surface area contributed by atoms with E-state index in [2.05, 4.69) is 25.7 Å². The van der Waals surface area contributed by atoms with Crippen LogP contribution in [-0.4, -0.2) is 17.5 Å². The van der Waals surface area contributed by atoms with Crippen molar-refractivity contribution in [2.75, 3.05) is 11.4 Å². The number of benzene rings is 1. The van der Waals surface area contributed by atoms with Gasteiger partial charge in [0.25, 0.3) is 5.69 Å². The predicted molar refractivity (Wildman–Crippen MR) is 77.6 cm³/mol. The summed E-state index contributed by atoms with van der Waals surface area (Å²) in [6.07, 6.45) is 1.18. The van der Waals surface area contributed by atoms with Gasteiger partial charge in [-0.2, -0.15) is 5.26 Å². The molecule has 0 N–H and O–H groups in total. The quantitative estimate of drug-likeness (QED) is 0.612. The summed E-state index contributed by atoms with van der Waals surface area (Å²) >= 11 is 0. The summed E-state index contributed by atoms with van der Waals surface area (Å²) in [5, 5.41) is 20.0. The average Bonchev–Trinajstić information content (AvgIpc) is 2.42. The van der Waals surface area contributed by atoms with Gasteiger partial charge in [0.1, 0.15) is 11.6 Å². The first-order valence-electron chi connectivity index (χ1n) is 6.89. The molecule has 2 rings (SSSR count). The molecule has 0 saturated carbocycles. The minimum Gasteiger partial charge on any atom is -0.368 e. The standard InChI is InChI=1S/C15H19N3O2/c1-10-6-11(2)12(3)17(9-10)14-5-4-13(8-16)15(7-14)18(19)20/h4-5,7,10-12H,6,9H2,1-3H3. The maximum Gasteiger partial charge on any atom is 0.289 e. The molecule has 0 spiro atoms. The maximum atomic E-state index is 11.1. The zero-order chi connectivity index (χ0) is 14.9. The van der Waals surface area contributed by atoms with Gasteiger partial charge >= 0.3 is 0 Å². The highest BCUT2D eigenvalue weighted by Crippen LogP contribution is 2.33. The number of nitrogens with zero attached hydrogens (tertiary/aromatic N) is 3. The van der Waals surface area contributed by atoms with Crippen molar-refractivity contribution in [3.63, 3.8) is 0 Å². The fraction of sp³-hybridized carbons (Fsp3) is 0.533. The molecular weight excluding hydrogens is 254 g/mol. The van der Waals surface area contributed by atoms with Gasteiger partial charge in [-0.1, -0.05) is 13.8 Å². The molecule has 1 aliphatic heterocycles. The fourth-order valence-electron chi connectivity index (χ4n) is 3.00. The third kappa shape index (κ3) is 2.60. The Balaban J connectivity index is 2.40. The molecule has 1 fully saturated rings. The van der Waals surface area contributed by atoms with Crippen molar-refractivity contribution in [1.82, 2.24) is 0 Å². The van der Waals surface area contributed by atoms with Crippen LogP contribution < -0.4 is 4.90 Å². The number of nitro benzene ring substituents is 1. The summed E-state index contributed by atoms with van der Waals surface area (Å²) < 4.78 is 0. The van der Waals surface area contributed by atoms with E-state index in [-0.39, 0.29) is 11.3 Å². The second-order valence-electron chi connectivity index (χ2n) is 5.78. The minimum absolute atomic E-state index is 0.108. The lowest BCUT2D eigenvalue weighted by Crippen LogP contribution is -2.45. The van der Waals surface area contributed by atoms with E-state index < -0.39 is 4.92 Å². The zero-order valence-corrected chi connectivity index (χ0v) is 12.0. The number of nitro groups is 1. The normalized spacial score (nSPS) is 26.1. The highest BCUT2D eigenvalue weighted by atomic mass is 16.6. The van der Waals surface area contributed by atoms with Crippen LogP contribution in [0.25, 0.3) is 0 Å². The summed E-state index contributed by atoms with van der Waals surface area (Å²) in [6, 6.07) is 7.11. The Bertz CT molecular complexity index is 565. The van der Waals surface area contributed by atoms with Gasteiger partial charge in [0.2, 0.25) is 0 Å². The van der Waals surface area contributed by atoms with Crippen LogP contribution in [0.2, 0.25) is 0 Å². The van der Waals surface area contributed by atoms with E-state index in [4.69, 9.17) is 5.26 Å². The minimum atomic E-state index is -0.483. The Labute approximate surface area is 119 Å². The average molecular weight is 273 g/mol. The summed E-state index contributed by atoms with van der Waals surface area (Å²) in [4.78, 5) is 12.8. The fourth-order valence-corrected chi connectivity index (χ4v) is 3.00. The van der Waals surface area contributed by atoms with Crippen LogP contribution in [0.15, 0.2) is 18.2 Å². The molecule has 1 aromatic carbocycles. The smallest absolute Gasteiger partial charge is 0.289 e. The number of rotatable bonds is 2. The summed E-state index contributed by atoms with van der Waals surface area (Å²) in [6.45, 7) is 7.47. The molecule has 0 bridgehead atoms. The monoisotopic (exact) mass is 273 g/mol. The van der Waals surface area contributed by atoms with Crippen molar-refractivity contribution in [3.05, 3.63) is 33.9 Å². The third-order valence-corrected chi connectivity index (χ3v) is 4.23. The molecule has 5 nitrogen and oxygen atoms in total. The van der Waals surface area contributed by atoms with Crippen LogP contribution in [0.1, 0.15) is 32.8 Å². The number of nitriles is 1. The topological polar surface area (TPSA) is 70.2 Å². The number of hydrogen-bond donors (Lipinski definition) is 0. The molecule has 3 unspecified atom stereocenters. The highest BCUT2D eigenvalue weighted by molar-refractivity contribution is 5.61. The van der Waals surface area contributed by atoms with Crippen molar-refractivity contribution < 1.29 is 4.92 Å². The molecule has 1 saturated heterocycles. The van der Waals surface area contributed by atoms with Crippen molar-refractivity contribution in [2.24, 2.45) is 11.8 Å². The van der Waals surface area contributed by atoms with Gasteiger partial charge in [0.15, 0.2) is 0 Å².